The van der Waals surface area contributed by atoms with Gasteiger partial charge in [-0.25, -0.2) is 0 Å². The molecule has 2 amide bonds. The minimum Gasteiger partial charge on any atom is -0.383 e. The topological polar surface area (TPSA) is 72.8 Å². The molecule has 1 saturated heterocycles. The van der Waals surface area contributed by atoms with Crippen molar-refractivity contribution in [2.45, 2.75) is 20.4 Å². The molecule has 2 heterocycles. The summed E-state index contributed by atoms with van der Waals surface area (Å²) in [5, 5.41) is 2.67. The minimum absolute atomic E-state index is 0.0664. The molecule has 7 nitrogen and oxygen atoms in total. The Morgan fingerprint density at radius 2 is 1.80 bits per heavy atom. The summed E-state index contributed by atoms with van der Waals surface area (Å²) in [5.74, 6) is -0.891. The monoisotopic (exact) mass is 365 g/mol. The lowest BCUT2D eigenvalue weighted by Crippen LogP contribution is -2.54. The Labute approximate surface area is 152 Å². The van der Waals surface area contributed by atoms with Gasteiger partial charge in [0.1, 0.15) is 5.57 Å². The molecule has 0 spiro atoms. The van der Waals surface area contributed by atoms with Crippen molar-refractivity contribution in [3.05, 3.63) is 28.6 Å². The van der Waals surface area contributed by atoms with Crippen molar-refractivity contribution < 1.29 is 19.1 Å². The van der Waals surface area contributed by atoms with E-state index in [1.807, 2.05) is 19.9 Å². The molecule has 1 aromatic rings. The molecular formula is C17H23N3O4S. The summed E-state index contributed by atoms with van der Waals surface area (Å²) < 4.78 is 12.2. The van der Waals surface area contributed by atoms with Crippen LogP contribution in [0, 0.1) is 13.8 Å². The molecule has 1 aliphatic heterocycles. The summed E-state index contributed by atoms with van der Waals surface area (Å²) in [7, 11) is 3.20. The van der Waals surface area contributed by atoms with Crippen molar-refractivity contribution in [1.82, 2.24) is 14.8 Å². The number of amides is 2. The zero-order valence-corrected chi connectivity index (χ0v) is 15.7. The molecule has 0 radical (unpaired) electrons. The average Bonchev–Trinajstić information content (AvgIpc) is 2.83. The first-order chi connectivity index (χ1) is 11.9. The first-order valence-electron chi connectivity index (χ1n) is 7.94. The van der Waals surface area contributed by atoms with Crippen LogP contribution in [0.3, 0.4) is 0 Å². The zero-order chi connectivity index (χ0) is 18.6. The number of rotatable bonds is 7. The van der Waals surface area contributed by atoms with Crippen LogP contribution < -0.4 is 5.32 Å². The molecule has 0 aliphatic carbocycles. The number of thiocarbonyl (C=S) groups is 1. The van der Waals surface area contributed by atoms with E-state index in [-0.39, 0.29) is 10.7 Å². The predicted molar refractivity (Wildman–Crippen MR) is 98.1 cm³/mol. The van der Waals surface area contributed by atoms with Gasteiger partial charge in [0.25, 0.3) is 11.8 Å². The third kappa shape index (κ3) is 4.15. The number of carbonyl (C=O) groups is 2. The lowest BCUT2D eigenvalue weighted by atomic mass is 10.1. The van der Waals surface area contributed by atoms with Crippen molar-refractivity contribution in [3.8, 4) is 0 Å². The third-order valence-corrected chi connectivity index (χ3v) is 4.46. The smallest absolute Gasteiger partial charge is 0.265 e. The number of nitrogens with zero attached hydrogens (tertiary/aromatic N) is 2. The number of hydrogen-bond acceptors (Lipinski definition) is 5. The van der Waals surface area contributed by atoms with E-state index in [0.717, 1.165) is 17.0 Å². The van der Waals surface area contributed by atoms with E-state index in [9.17, 15) is 9.59 Å². The molecule has 0 bridgehead atoms. The van der Waals surface area contributed by atoms with E-state index in [4.69, 9.17) is 21.7 Å². The first-order valence-corrected chi connectivity index (χ1v) is 8.35. The van der Waals surface area contributed by atoms with Crippen molar-refractivity contribution in [2.24, 2.45) is 0 Å². The van der Waals surface area contributed by atoms with Crippen LogP contribution in [0.5, 0.6) is 0 Å². The van der Waals surface area contributed by atoms with Gasteiger partial charge >= 0.3 is 0 Å². The average molecular weight is 365 g/mol. The Bertz CT molecular complexity index is 724. The second-order valence-corrected chi connectivity index (χ2v) is 6.12. The molecule has 0 atom stereocenters. The highest BCUT2D eigenvalue weighted by Gasteiger charge is 2.33. The van der Waals surface area contributed by atoms with Gasteiger partial charge in [0.2, 0.25) is 0 Å². The van der Waals surface area contributed by atoms with Crippen LogP contribution in [0.4, 0.5) is 0 Å². The van der Waals surface area contributed by atoms with Crippen LogP contribution in [-0.2, 0) is 25.6 Å². The molecule has 0 aromatic carbocycles. The molecule has 0 unspecified atom stereocenters. The number of nitrogens with one attached hydrogen (secondary N) is 1. The highest BCUT2D eigenvalue weighted by Crippen LogP contribution is 2.20. The van der Waals surface area contributed by atoms with E-state index < -0.39 is 11.8 Å². The van der Waals surface area contributed by atoms with Crippen LogP contribution >= 0.6 is 12.2 Å². The summed E-state index contributed by atoms with van der Waals surface area (Å²) in [5.41, 5.74) is 2.90. The van der Waals surface area contributed by atoms with E-state index in [1.165, 1.54) is 4.90 Å². The Hall–Kier alpha value is -2.03. The third-order valence-electron chi connectivity index (χ3n) is 4.14. The molecule has 0 saturated carbocycles. The fourth-order valence-corrected chi connectivity index (χ4v) is 3.00. The van der Waals surface area contributed by atoms with E-state index in [1.54, 1.807) is 20.3 Å². The largest absolute Gasteiger partial charge is 0.383 e. The van der Waals surface area contributed by atoms with Gasteiger partial charge in [-0.1, -0.05) is 0 Å². The number of ether oxygens (including phenoxy) is 2. The fraction of sp³-hybridized carbons (Fsp3) is 0.471. The lowest BCUT2D eigenvalue weighted by Gasteiger charge is -2.28. The lowest BCUT2D eigenvalue weighted by molar-refractivity contribution is -0.129. The maximum atomic E-state index is 12.7. The molecule has 2 rings (SSSR count). The van der Waals surface area contributed by atoms with Gasteiger partial charge in [0.05, 0.1) is 19.8 Å². The predicted octanol–water partition coefficient (Wildman–Crippen LogP) is 1.02. The van der Waals surface area contributed by atoms with Gasteiger partial charge < -0.3 is 14.0 Å². The van der Waals surface area contributed by atoms with Crippen molar-refractivity contribution in [2.75, 3.05) is 34.0 Å². The van der Waals surface area contributed by atoms with Crippen LogP contribution in [0.25, 0.3) is 6.08 Å². The Morgan fingerprint density at radius 1 is 1.16 bits per heavy atom. The van der Waals surface area contributed by atoms with Gasteiger partial charge in [-0.05, 0) is 43.8 Å². The summed E-state index contributed by atoms with van der Waals surface area (Å²) >= 11 is 5.08. The fourth-order valence-electron chi connectivity index (χ4n) is 2.74. The number of aromatic nitrogens is 1. The van der Waals surface area contributed by atoms with Gasteiger partial charge in [0.15, 0.2) is 5.11 Å². The summed E-state index contributed by atoms with van der Waals surface area (Å²) in [4.78, 5) is 26.2. The Kier molecular flexibility index (Phi) is 6.46. The molecular weight excluding hydrogens is 342 g/mol. The van der Waals surface area contributed by atoms with E-state index in [0.29, 0.717) is 26.3 Å². The molecule has 25 heavy (non-hydrogen) atoms. The minimum atomic E-state index is -0.481. The molecule has 1 aromatic heterocycles. The van der Waals surface area contributed by atoms with Crippen molar-refractivity contribution in [3.63, 3.8) is 0 Å². The molecule has 1 fully saturated rings. The van der Waals surface area contributed by atoms with Crippen molar-refractivity contribution in [1.29, 1.82) is 0 Å². The number of methoxy groups -OCH3 is 2. The highest BCUT2D eigenvalue weighted by molar-refractivity contribution is 7.80. The van der Waals surface area contributed by atoms with Crippen LogP contribution in [0.2, 0.25) is 0 Å². The number of carbonyl (C=O) groups excluding carboxylic acids is 2. The van der Waals surface area contributed by atoms with E-state index in [2.05, 4.69) is 9.88 Å². The van der Waals surface area contributed by atoms with Crippen LogP contribution in [0.15, 0.2) is 11.6 Å². The maximum Gasteiger partial charge on any atom is 0.265 e. The van der Waals surface area contributed by atoms with Crippen molar-refractivity contribution >= 4 is 35.2 Å². The van der Waals surface area contributed by atoms with Crippen LogP contribution in [0.1, 0.15) is 17.0 Å². The van der Waals surface area contributed by atoms with Gasteiger partial charge in [0, 0.05) is 32.2 Å². The first kappa shape index (κ1) is 19.3. The SMILES string of the molecule is COCCN1C(=O)/C(=C\c2cc(C)n(CCOC)c2C)C(=O)NC1=S. The normalized spacial score (nSPS) is 16.7. The molecule has 136 valence electrons. The second-order valence-electron chi connectivity index (χ2n) is 5.74. The zero-order valence-electron chi connectivity index (χ0n) is 14.9. The Balaban J connectivity index is 2.34. The summed E-state index contributed by atoms with van der Waals surface area (Å²) in [6.45, 7) is 5.85. The maximum absolute atomic E-state index is 12.7. The second kappa shape index (κ2) is 8.37. The molecule has 1 N–H and O–H groups in total. The standard InChI is InChI=1S/C17H23N3O4S/c1-11-9-13(12(2)19(11)5-7-23-3)10-14-15(21)18-17(25)20(16(14)22)6-8-24-4/h9-10H,5-8H2,1-4H3,(H,18,21,25)/b14-10-. The number of hydrogen-bond donors (Lipinski definition) is 1. The van der Waals surface area contributed by atoms with Gasteiger partial charge in [-0.3, -0.25) is 19.8 Å². The molecule has 8 heteroatoms. The molecule has 1 aliphatic rings. The Morgan fingerprint density at radius 3 is 2.44 bits per heavy atom. The summed E-state index contributed by atoms with van der Waals surface area (Å²) in [6, 6.07) is 1.95. The van der Waals surface area contributed by atoms with Gasteiger partial charge in [-0.2, -0.15) is 0 Å². The number of aryl methyl sites for hydroxylation is 1. The van der Waals surface area contributed by atoms with Gasteiger partial charge in [-0.15, -0.1) is 0 Å². The summed E-state index contributed by atoms with van der Waals surface area (Å²) in [6.07, 6.45) is 1.62. The quantitative estimate of drug-likeness (QED) is 0.444. The van der Waals surface area contributed by atoms with E-state index >= 15 is 0 Å². The highest BCUT2D eigenvalue weighted by atomic mass is 32.1. The van der Waals surface area contributed by atoms with Crippen LogP contribution in [-0.4, -0.2) is 60.4 Å².